The summed E-state index contributed by atoms with van der Waals surface area (Å²) in [6.45, 7) is 0.950. The lowest BCUT2D eigenvalue weighted by Gasteiger charge is -2.23. The zero-order chi connectivity index (χ0) is 16.5. The van der Waals surface area contributed by atoms with E-state index in [1.54, 1.807) is 12.1 Å². The van der Waals surface area contributed by atoms with E-state index in [1.165, 1.54) is 0 Å². The van der Waals surface area contributed by atoms with E-state index < -0.39 is 6.10 Å². The second-order valence-electron chi connectivity index (χ2n) is 6.16. The number of rotatable bonds is 4. The van der Waals surface area contributed by atoms with Crippen molar-refractivity contribution < 1.29 is 19.4 Å². The molecule has 0 spiro atoms. The number of hydrogen-bond donors (Lipinski definition) is 2. The lowest BCUT2D eigenvalue weighted by Crippen LogP contribution is -2.19. The van der Waals surface area contributed by atoms with E-state index in [1.807, 2.05) is 30.3 Å². The Morgan fingerprint density at radius 3 is 2.42 bits per heavy atom. The third-order valence-corrected chi connectivity index (χ3v) is 4.33. The Bertz CT molecular complexity index is 755. The molecule has 1 amide bonds. The van der Waals surface area contributed by atoms with Crippen LogP contribution in [0.1, 0.15) is 30.1 Å². The number of nitrogens with one attached hydrogen (secondary N) is 1. The fraction of sp³-hybridized carbons (Fsp3) is 0.316. The van der Waals surface area contributed by atoms with Gasteiger partial charge in [-0.25, -0.2) is 0 Å². The summed E-state index contributed by atoms with van der Waals surface area (Å²) in [5, 5.41) is 13.7. The Hall–Kier alpha value is -2.53. The molecule has 1 heterocycles. The maximum absolute atomic E-state index is 12.2. The smallest absolute Gasteiger partial charge is 0.227 e. The van der Waals surface area contributed by atoms with Crippen molar-refractivity contribution in [3.05, 3.63) is 53.6 Å². The van der Waals surface area contributed by atoms with Gasteiger partial charge in [0, 0.05) is 17.5 Å². The average molecular weight is 325 g/mol. The highest BCUT2D eigenvalue weighted by atomic mass is 16.6. The molecule has 124 valence electrons. The van der Waals surface area contributed by atoms with E-state index >= 15 is 0 Å². The highest BCUT2D eigenvalue weighted by Crippen LogP contribution is 2.40. The Morgan fingerprint density at radius 1 is 1.08 bits per heavy atom. The zero-order valence-electron chi connectivity index (χ0n) is 13.2. The van der Waals surface area contributed by atoms with Crippen molar-refractivity contribution >= 4 is 11.6 Å². The molecule has 0 bridgehead atoms. The van der Waals surface area contributed by atoms with Crippen LogP contribution in [0.15, 0.2) is 42.5 Å². The molecule has 2 aromatic rings. The van der Waals surface area contributed by atoms with Gasteiger partial charge in [-0.05, 0) is 24.5 Å². The monoisotopic (exact) mass is 325 g/mol. The van der Waals surface area contributed by atoms with Gasteiger partial charge >= 0.3 is 0 Å². The minimum absolute atomic E-state index is 0.00631. The molecule has 0 radical (unpaired) electrons. The second kappa shape index (κ2) is 6.17. The molecule has 2 N–H and O–H groups in total. The van der Waals surface area contributed by atoms with Gasteiger partial charge in [-0.3, -0.25) is 4.79 Å². The molecule has 1 saturated carbocycles. The summed E-state index contributed by atoms with van der Waals surface area (Å²) in [7, 11) is 0. The summed E-state index contributed by atoms with van der Waals surface area (Å²) in [5.74, 6) is 1.26. The van der Waals surface area contributed by atoms with Gasteiger partial charge in [-0.2, -0.15) is 0 Å². The predicted octanol–water partition coefficient (Wildman–Crippen LogP) is 2.89. The van der Waals surface area contributed by atoms with E-state index in [-0.39, 0.29) is 11.8 Å². The molecular weight excluding hydrogens is 306 g/mol. The van der Waals surface area contributed by atoms with Gasteiger partial charge in [0.2, 0.25) is 5.91 Å². The summed E-state index contributed by atoms with van der Waals surface area (Å²) >= 11 is 0. The van der Waals surface area contributed by atoms with E-state index in [0.29, 0.717) is 36.0 Å². The van der Waals surface area contributed by atoms with Crippen LogP contribution >= 0.6 is 0 Å². The topological polar surface area (TPSA) is 67.8 Å². The number of hydrogen-bond acceptors (Lipinski definition) is 4. The summed E-state index contributed by atoms with van der Waals surface area (Å²) < 4.78 is 11.2. The largest absolute Gasteiger partial charge is 0.486 e. The van der Waals surface area contributed by atoms with Gasteiger partial charge < -0.3 is 19.9 Å². The highest BCUT2D eigenvalue weighted by Gasteiger charge is 2.31. The Balaban J connectivity index is 1.73. The molecule has 1 atom stereocenters. The van der Waals surface area contributed by atoms with Crippen molar-refractivity contribution in [2.75, 3.05) is 18.5 Å². The molecule has 1 fully saturated rings. The number of benzene rings is 2. The molecular formula is C19H19NO4. The molecule has 1 aliphatic heterocycles. The Morgan fingerprint density at radius 2 is 1.75 bits per heavy atom. The molecule has 0 saturated heterocycles. The quantitative estimate of drug-likeness (QED) is 0.907. The van der Waals surface area contributed by atoms with E-state index in [0.717, 1.165) is 18.4 Å². The lowest BCUT2D eigenvalue weighted by molar-refractivity contribution is -0.117. The first-order chi connectivity index (χ1) is 11.7. The third-order valence-electron chi connectivity index (χ3n) is 4.33. The summed E-state index contributed by atoms with van der Waals surface area (Å²) in [6, 6.07) is 12.9. The Kier molecular flexibility index (Phi) is 3.86. The molecule has 2 aromatic carbocycles. The normalized spacial score (nSPS) is 17.2. The molecule has 5 nitrogen and oxygen atoms in total. The van der Waals surface area contributed by atoms with Crippen molar-refractivity contribution in [2.24, 2.45) is 5.92 Å². The fourth-order valence-electron chi connectivity index (χ4n) is 2.83. The van der Waals surface area contributed by atoms with Gasteiger partial charge in [0.1, 0.15) is 19.3 Å². The molecule has 0 aromatic heterocycles. The summed E-state index contributed by atoms with van der Waals surface area (Å²) in [6.07, 6.45) is 0.997. The van der Waals surface area contributed by atoms with Crippen LogP contribution in [0, 0.1) is 5.92 Å². The minimum Gasteiger partial charge on any atom is -0.486 e. The number of carbonyl (C=O) groups excluding carboxylic acids is 1. The van der Waals surface area contributed by atoms with Crippen LogP contribution < -0.4 is 14.8 Å². The van der Waals surface area contributed by atoms with Gasteiger partial charge in [0.05, 0.1) is 5.69 Å². The van der Waals surface area contributed by atoms with Crippen LogP contribution in [0.4, 0.5) is 5.69 Å². The predicted molar refractivity (Wildman–Crippen MR) is 89.3 cm³/mol. The van der Waals surface area contributed by atoms with Gasteiger partial charge in [-0.1, -0.05) is 30.3 Å². The van der Waals surface area contributed by atoms with Crippen LogP contribution in [0.3, 0.4) is 0 Å². The van der Waals surface area contributed by atoms with E-state index in [9.17, 15) is 9.90 Å². The molecule has 1 aliphatic carbocycles. The van der Waals surface area contributed by atoms with Crippen LogP contribution in [0.5, 0.6) is 11.5 Å². The van der Waals surface area contributed by atoms with Gasteiger partial charge in [0.15, 0.2) is 11.5 Å². The van der Waals surface area contributed by atoms with Crippen LogP contribution in [-0.4, -0.2) is 24.2 Å². The number of fused-ring (bicyclic) bond motifs is 1. The standard InChI is InChI=1S/C19H19NO4/c21-18(12-4-2-1-3-5-12)14-10-16-17(24-9-8-23-16)11-15(14)20-19(22)13-6-7-13/h1-5,10-11,13,18,21H,6-9H2,(H,20,22)/t18-/m0/s1. The van der Waals surface area contributed by atoms with E-state index in [4.69, 9.17) is 9.47 Å². The maximum Gasteiger partial charge on any atom is 0.227 e. The van der Waals surface area contributed by atoms with Crippen molar-refractivity contribution in [2.45, 2.75) is 18.9 Å². The molecule has 5 heteroatoms. The molecule has 2 aliphatic rings. The van der Waals surface area contributed by atoms with Crippen molar-refractivity contribution in [3.8, 4) is 11.5 Å². The van der Waals surface area contributed by atoms with Crippen LogP contribution in [0.2, 0.25) is 0 Å². The minimum atomic E-state index is -0.850. The first-order valence-corrected chi connectivity index (χ1v) is 8.20. The zero-order valence-corrected chi connectivity index (χ0v) is 13.2. The van der Waals surface area contributed by atoms with E-state index in [2.05, 4.69) is 5.32 Å². The van der Waals surface area contributed by atoms with Crippen molar-refractivity contribution in [1.82, 2.24) is 0 Å². The molecule has 4 rings (SSSR count). The number of ether oxygens (including phenoxy) is 2. The fourth-order valence-corrected chi connectivity index (χ4v) is 2.83. The first kappa shape index (κ1) is 15.0. The number of carbonyl (C=O) groups is 1. The number of amides is 1. The van der Waals surface area contributed by atoms with Crippen LogP contribution in [0.25, 0.3) is 0 Å². The number of aliphatic hydroxyl groups is 1. The first-order valence-electron chi connectivity index (χ1n) is 8.20. The average Bonchev–Trinajstić information content (AvgIpc) is 3.46. The lowest BCUT2D eigenvalue weighted by atomic mass is 9.99. The summed E-state index contributed by atoms with van der Waals surface area (Å²) in [4.78, 5) is 12.2. The number of aliphatic hydroxyl groups excluding tert-OH is 1. The van der Waals surface area contributed by atoms with Crippen molar-refractivity contribution in [3.63, 3.8) is 0 Å². The molecule has 0 unspecified atom stereocenters. The van der Waals surface area contributed by atoms with Gasteiger partial charge in [-0.15, -0.1) is 0 Å². The molecule has 24 heavy (non-hydrogen) atoms. The van der Waals surface area contributed by atoms with Crippen LogP contribution in [-0.2, 0) is 4.79 Å². The maximum atomic E-state index is 12.2. The SMILES string of the molecule is O=C(Nc1cc2c(cc1[C@@H](O)c1ccccc1)OCCO2)C1CC1. The summed E-state index contributed by atoms with van der Waals surface area (Å²) in [5.41, 5.74) is 1.95. The third kappa shape index (κ3) is 2.95. The highest BCUT2D eigenvalue weighted by molar-refractivity contribution is 5.95. The Labute approximate surface area is 140 Å². The van der Waals surface area contributed by atoms with Gasteiger partial charge in [0.25, 0.3) is 0 Å². The second-order valence-corrected chi connectivity index (χ2v) is 6.16. The van der Waals surface area contributed by atoms with Crippen molar-refractivity contribution in [1.29, 1.82) is 0 Å². The number of anilines is 1.